The van der Waals surface area contributed by atoms with Crippen molar-refractivity contribution >= 4 is 22.5 Å². The van der Waals surface area contributed by atoms with E-state index in [2.05, 4.69) is 4.98 Å². The average Bonchev–Trinajstić information content (AvgIpc) is 2.75. The zero-order valence-corrected chi connectivity index (χ0v) is 20.0. The van der Waals surface area contributed by atoms with Crippen molar-refractivity contribution in [3.8, 4) is 5.75 Å². The monoisotopic (exact) mass is 485 g/mol. The standard InChI is InChI=1S/C23H22ClF4NO2.C2H6/c1-13-5-4-6-17-15(9-20(24)29-21(13)17)12-22(30,23(26,27)28)11-14(2)18-10-16(25)7-8-19(18)31-3;1-2/h4-10,14,30H,11-12H2,1-3H3;1-2H3. The number of ether oxygens (including phenoxy) is 1. The molecule has 0 fully saturated rings. The number of hydrogen-bond donors (Lipinski definition) is 1. The van der Waals surface area contributed by atoms with Crippen LogP contribution in [-0.4, -0.2) is 29.0 Å². The fourth-order valence-electron chi connectivity index (χ4n) is 3.88. The van der Waals surface area contributed by atoms with Gasteiger partial charge in [-0.3, -0.25) is 0 Å². The van der Waals surface area contributed by atoms with Crippen molar-refractivity contribution in [2.45, 2.75) is 58.2 Å². The number of benzene rings is 2. The van der Waals surface area contributed by atoms with Gasteiger partial charge in [-0.2, -0.15) is 13.2 Å². The van der Waals surface area contributed by atoms with Gasteiger partial charge in [0.2, 0.25) is 0 Å². The lowest BCUT2D eigenvalue weighted by molar-refractivity contribution is -0.263. The lowest BCUT2D eigenvalue weighted by Crippen LogP contribution is -2.48. The van der Waals surface area contributed by atoms with Crippen LogP contribution >= 0.6 is 11.6 Å². The zero-order valence-electron chi connectivity index (χ0n) is 19.2. The Bertz CT molecular complexity index is 1100. The molecule has 0 aliphatic rings. The summed E-state index contributed by atoms with van der Waals surface area (Å²) >= 11 is 6.07. The summed E-state index contributed by atoms with van der Waals surface area (Å²) in [6.45, 7) is 7.28. The van der Waals surface area contributed by atoms with Crippen LogP contribution in [0.4, 0.5) is 17.6 Å². The Labute approximate surface area is 196 Å². The highest BCUT2D eigenvalue weighted by molar-refractivity contribution is 6.30. The van der Waals surface area contributed by atoms with Gasteiger partial charge in [0.05, 0.1) is 12.6 Å². The van der Waals surface area contributed by atoms with E-state index in [0.717, 1.165) is 11.6 Å². The van der Waals surface area contributed by atoms with Crippen molar-refractivity contribution in [3.05, 3.63) is 70.1 Å². The van der Waals surface area contributed by atoms with Gasteiger partial charge in [-0.1, -0.05) is 50.6 Å². The molecule has 0 spiro atoms. The number of pyridine rings is 1. The van der Waals surface area contributed by atoms with Crippen LogP contribution in [0.1, 0.15) is 49.8 Å². The minimum absolute atomic E-state index is 0.0428. The number of hydrogen-bond acceptors (Lipinski definition) is 3. The predicted molar refractivity (Wildman–Crippen MR) is 124 cm³/mol. The SMILES string of the molecule is CC.COc1ccc(F)cc1C(C)CC(O)(Cc1cc(Cl)nc2c(C)cccc12)C(F)(F)F. The van der Waals surface area contributed by atoms with Gasteiger partial charge in [0.25, 0.3) is 0 Å². The Morgan fingerprint density at radius 1 is 1.12 bits per heavy atom. The van der Waals surface area contributed by atoms with Gasteiger partial charge in [0.1, 0.15) is 16.7 Å². The summed E-state index contributed by atoms with van der Waals surface area (Å²) in [6, 6.07) is 10.1. The summed E-state index contributed by atoms with van der Waals surface area (Å²) in [6.07, 6.45) is -6.35. The molecule has 0 bridgehead atoms. The van der Waals surface area contributed by atoms with Crippen LogP contribution in [0.25, 0.3) is 10.9 Å². The number of aryl methyl sites for hydroxylation is 1. The van der Waals surface area contributed by atoms with E-state index in [-0.39, 0.29) is 22.0 Å². The molecule has 1 aromatic heterocycles. The van der Waals surface area contributed by atoms with Crippen molar-refractivity contribution in [3.63, 3.8) is 0 Å². The van der Waals surface area contributed by atoms with E-state index in [1.807, 2.05) is 13.8 Å². The van der Waals surface area contributed by atoms with Crippen LogP contribution < -0.4 is 4.74 Å². The van der Waals surface area contributed by atoms with Crippen molar-refractivity contribution in [2.24, 2.45) is 0 Å². The number of halogens is 5. The molecule has 8 heteroatoms. The van der Waals surface area contributed by atoms with Crippen LogP contribution in [0.3, 0.4) is 0 Å². The highest BCUT2D eigenvalue weighted by Crippen LogP contribution is 2.43. The van der Waals surface area contributed by atoms with Crippen molar-refractivity contribution < 1.29 is 27.4 Å². The third kappa shape index (κ3) is 5.95. The lowest BCUT2D eigenvalue weighted by atomic mass is 9.81. The highest BCUT2D eigenvalue weighted by atomic mass is 35.5. The molecule has 0 saturated carbocycles. The minimum atomic E-state index is -4.94. The first-order valence-corrected chi connectivity index (χ1v) is 11.0. The van der Waals surface area contributed by atoms with Gasteiger partial charge in [-0.05, 0) is 60.2 Å². The molecule has 180 valence electrons. The molecular formula is C25H28ClF4NO2. The maximum Gasteiger partial charge on any atom is 0.417 e. The number of para-hydroxylation sites is 1. The van der Waals surface area contributed by atoms with E-state index in [1.54, 1.807) is 25.1 Å². The van der Waals surface area contributed by atoms with Crippen LogP contribution in [0.2, 0.25) is 5.15 Å². The molecule has 0 radical (unpaired) electrons. The van der Waals surface area contributed by atoms with E-state index in [1.165, 1.54) is 32.2 Å². The lowest BCUT2D eigenvalue weighted by Gasteiger charge is -2.34. The minimum Gasteiger partial charge on any atom is -0.496 e. The Morgan fingerprint density at radius 2 is 1.79 bits per heavy atom. The van der Waals surface area contributed by atoms with E-state index in [4.69, 9.17) is 16.3 Å². The largest absolute Gasteiger partial charge is 0.496 e. The number of aliphatic hydroxyl groups is 1. The normalized spacial score (nSPS) is 14.3. The van der Waals surface area contributed by atoms with Gasteiger partial charge >= 0.3 is 6.18 Å². The number of nitrogens with zero attached hydrogens (tertiary/aromatic N) is 1. The van der Waals surface area contributed by atoms with Gasteiger partial charge in [-0.25, -0.2) is 9.37 Å². The number of methoxy groups -OCH3 is 1. The molecule has 0 aliphatic heterocycles. The van der Waals surface area contributed by atoms with E-state index in [0.29, 0.717) is 10.9 Å². The molecule has 1 N–H and O–H groups in total. The fourth-order valence-corrected chi connectivity index (χ4v) is 4.10. The summed E-state index contributed by atoms with van der Waals surface area (Å²) in [7, 11) is 1.35. The molecule has 3 rings (SSSR count). The van der Waals surface area contributed by atoms with Crippen LogP contribution in [-0.2, 0) is 6.42 Å². The Hall–Kier alpha value is -2.38. The zero-order chi connectivity index (χ0) is 25.0. The highest BCUT2D eigenvalue weighted by Gasteiger charge is 2.54. The third-order valence-corrected chi connectivity index (χ3v) is 5.67. The molecule has 0 saturated heterocycles. The maximum atomic E-state index is 14.1. The van der Waals surface area contributed by atoms with E-state index < -0.39 is 36.4 Å². The number of fused-ring (bicyclic) bond motifs is 1. The Morgan fingerprint density at radius 3 is 2.39 bits per heavy atom. The van der Waals surface area contributed by atoms with Gasteiger partial charge < -0.3 is 9.84 Å². The molecule has 1 heterocycles. The van der Waals surface area contributed by atoms with Crippen LogP contribution in [0, 0.1) is 12.7 Å². The Balaban J connectivity index is 0.00000187. The van der Waals surface area contributed by atoms with Crippen LogP contribution in [0.15, 0.2) is 42.5 Å². The molecule has 3 nitrogen and oxygen atoms in total. The third-order valence-electron chi connectivity index (χ3n) is 5.47. The first-order chi connectivity index (χ1) is 15.4. The molecule has 2 atom stereocenters. The van der Waals surface area contributed by atoms with Crippen molar-refractivity contribution in [1.82, 2.24) is 4.98 Å². The quantitative estimate of drug-likeness (QED) is 0.292. The van der Waals surface area contributed by atoms with Crippen molar-refractivity contribution in [2.75, 3.05) is 7.11 Å². The first-order valence-electron chi connectivity index (χ1n) is 10.6. The van der Waals surface area contributed by atoms with Crippen molar-refractivity contribution in [1.29, 1.82) is 0 Å². The van der Waals surface area contributed by atoms with E-state index in [9.17, 15) is 22.7 Å². The topological polar surface area (TPSA) is 42.4 Å². The van der Waals surface area contributed by atoms with Gasteiger partial charge in [0.15, 0.2) is 5.60 Å². The summed E-state index contributed by atoms with van der Waals surface area (Å²) in [5.74, 6) is -1.19. The molecule has 33 heavy (non-hydrogen) atoms. The summed E-state index contributed by atoms with van der Waals surface area (Å²) in [5, 5.41) is 11.4. The molecule has 2 aromatic carbocycles. The number of aromatic nitrogens is 1. The predicted octanol–water partition coefficient (Wildman–Crippen LogP) is 7.40. The maximum absolute atomic E-state index is 14.1. The van der Waals surface area contributed by atoms with Crippen LogP contribution in [0.5, 0.6) is 5.75 Å². The molecule has 2 unspecified atom stereocenters. The average molecular weight is 486 g/mol. The second kappa shape index (κ2) is 10.7. The molecule has 3 aromatic rings. The van der Waals surface area contributed by atoms with Gasteiger partial charge in [-0.15, -0.1) is 0 Å². The fraction of sp³-hybridized carbons (Fsp3) is 0.400. The Kier molecular flexibility index (Phi) is 8.71. The molecular weight excluding hydrogens is 458 g/mol. The summed E-state index contributed by atoms with van der Waals surface area (Å²) < 4.78 is 61.2. The van der Waals surface area contributed by atoms with E-state index >= 15 is 0 Å². The molecule has 0 aliphatic carbocycles. The molecule has 0 amide bonds. The van der Waals surface area contributed by atoms with Gasteiger partial charge in [0, 0.05) is 11.8 Å². The summed E-state index contributed by atoms with van der Waals surface area (Å²) in [5.41, 5.74) is -1.36. The summed E-state index contributed by atoms with van der Waals surface area (Å²) in [4.78, 5) is 4.21. The second-order valence-electron chi connectivity index (χ2n) is 7.77. The number of alkyl halides is 3. The smallest absolute Gasteiger partial charge is 0.417 e. The second-order valence-corrected chi connectivity index (χ2v) is 8.16. The first kappa shape index (κ1) is 26.9. The number of rotatable bonds is 6.